The van der Waals surface area contributed by atoms with Crippen LogP contribution in [-0.2, 0) is 9.31 Å². The van der Waals surface area contributed by atoms with E-state index in [1.807, 2.05) is 50.5 Å². The van der Waals surface area contributed by atoms with E-state index >= 15 is 0 Å². The molecule has 9 nitrogen and oxygen atoms in total. The molecule has 0 bridgehead atoms. The van der Waals surface area contributed by atoms with E-state index in [-0.39, 0.29) is 18.3 Å². The van der Waals surface area contributed by atoms with Crippen LogP contribution < -0.4 is 10.4 Å². The lowest BCUT2D eigenvalue weighted by Gasteiger charge is -2.32. The van der Waals surface area contributed by atoms with Crippen LogP contribution in [0.3, 0.4) is 0 Å². The number of anilines is 3. The minimum absolute atomic E-state index is 0.350. The highest BCUT2D eigenvalue weighted by molar-refractivity contribution is 6.62. The fourth-order valence-electron chi connectivity index (χ4n) is 9.92. The standard InChI is InChI=1S/C43H33N5.C25H25BN2O2.C3H8.C2H6/c1-30-12-22-36(23-13-30)47(37-24-14-31(2)15-25-37)38-26-20-33(21-27-38)41-29-44-40(28-45-41)32-16-18-34(19-17-32)43-46-39-10-6-7-11-42(39)48(43)35-8-4-3-5-9-35;1-24(2)25(3,4)30-26(29-24)19-16-14-18(15-17-19)23-27-21-12-8-9-13-22(21)28(23)20-10-6-5-7-11-20;1-3-2;1-2/h3-29H,1-2H3;5-17H,1-4H3;3H2,1-2H3;1-2H3. The Morgan fingerprint density at radius 2 is 0.735 bits per heavy atom. The quantitative estimate of drug-likeness (QED) is 0.126. The predicted octanol–water partition coefficient (Wildman–Crippen LogP) is 18.3. The lowest BCUT2D eigenvalue weighted by Crippen LogP contribution is -2.41. The fraction of sp³-hybridized carbons (Fsp3) is 0.178. The summed E-state index contributed by atoms with van der Waals surface area (Å²) in [5, 5.41) is 0. The predicted molar refractivity (Wildman–Crippen MR) is 347 cm³/mol. The number of aromatic nitrogens is 6. The lowest BCUT2D eigenvalue weighted by atomic mass is 9.79. The van der Waals surface area contributed by atoms with E-state index in [2.05, 4.69) is 276 Å². The summed E-state index contributed by atoms with van der Waals surface area (Å²) in [6, 6.07) is 79.7. The summed E-state index contributed by atoms with van der Waals surface area (Å²) in [5.74, 6) is 1.82. The van der Waals surface area contributed by atoms with Gasteiger partial charge in [-0.1, -0.05) is 191 Å². The molecule has 0 N–H and O–H groups in total. The molecule has 0 radical (unpaired) electrons. The summed E-state index contributed by atoms with van der Waals surface area (Å²) in [6.45, 7) is 20.8. The van der Waals surface area contributed by atoms with Crippen LogP contribution in [0.15, 0.2) is 243 Å². The smallest absolute Gasteiger partial charge is 0.399 e. The second-order valence-electron chi connectivity index (χ2n) is 21.5. The van der Waals surface area contributed by atoms with Gasteiger partial charge in [-0.15, -0.1) is 0 Å². The molecule has 1 saturated heterocycles. The van der Waals surface area contributed by atoms with Crippen molar-refractivity contribution < 1.29 is 9.31 Å². The molecule has 1 aliphatic rings. The highest BCUT2D eigenvalue weighted by atomic mass is 16.7. The summed E-state index contributed by atoms with van der Waals surface area (Å²) in [4.78, 5) is 21.8. The molecule has 414 valence electrons. The van der Waals surface area contributed by atoms with Crippen molar-refractivity contribution in [2.24, 2.45) is 0 Å². The average molecular weight is 1090 g/mol. The van der Waals surface area contributed by atoms with Crippen LogP contribution in [0.25, 0.3) is 78.7 Å². The molecule has 3 aromatic heterocycles. The topological polar surface area (TPSA) is 83.1 Å². The fourth-order valence-corrected chi connectivity index (χ4v) is 9.92. The number of para-hydroxylation sites is 6. The van der Waals surface area contributed by atoms with Gasteiger partial charge in [-0.05, 0) is 132 Å². The molecular formula is C73H72BN7O2. The van der Waals surface area contributed by atoms with Gasteiger partial charge in [0, 0.05) is 50.7 Å². The molecule has 12 aromatic rings. The van der Waals surface area contributed by atoms with Gasteiger partial charge in [-0.2, -0.15) is 0 Å². The molecule has 4 heterocycles. The number of rotatable bonds is 10. The lowest BCUT2D eigenvalue weighted by molar-refractivity contribution is 0.00578. The first-order valence-electron chi connectivity index (χ1n) is 28.9. The van der Waals surface area contributed by atoms with Crippen LogP contribution in [0, 0.1) is 13.8 Å². The van der Waals surface area contributed by atoms with Gasteiger partial charge in [-0.3, -0.25) is 19.1 Å². The van der Waals surface area contributed by atoms with E-state index in [0.29, 0.717) is 0 Å². The van der Waals surface area contributed by atoms with Gasteiger partial charge in [0.2, 0.25) is 0 Å². The van der Waals surface area contributed by atoms with Gasteiger partial charge >= 0.3 is 7.12 Å². The maximum Gasteiger partial charge on any atom is 0.494 e. The number of nitrogens with zero attached hydrogens (tertiary/aromatic N) is 7. The molecule has 0 aliphatic carbocycles. The van der Waals surface area contributed by atoms with E-state index < -0.39 is 0 Å². The molecule has 13 rings (SSSR count). The number of imidazole rings is 2. The summed E-state index contributed by atoms with van der Waals surface area (Å²) in [7, 11) is -0.364. The van der Waals surface area contributed by atoms with Crippen molar-refractivity contribution in [1.82, 2.24) is 29.1 Å². The minimum Gasteiger partial charge on any atom is -0.399 e. The van der Waals surface area contributed by atoms with E-state index in [9.17, 15) is 0 Å². The van der Waals surface area contributed by atoms with E-state index in [1.165, 1.54) is 17.5 Å². The Morgan fingerprint density at radius 1 is 0.410 bits per heavy atom. The molecule has 0 amide bonds. The SMILES string of the molecule is CC.CC1(C)OB(c2ccc(-c3nc4ccccc4n3-c3ccccc3)cc2)OC1(C)C.CCC.Cc1ccc(N(c2ccc(C)cc2)c2ccc(-c3cnc(-c4ccc(-c5nc6ccccc6n5-c5ccccc5)cc4)cn3)cc2)cc1. The maximum absolute atomic E-state index is 6.19. The zero-order chi connectivity index (χ0) is 58.1. The average Bonchev–Trinajstić information content (AvgIpc) is 4.05. The Bertz CT molecular complexity index is 3970. The van der Waals surface area contributed by atoms with Crippen molar-refractivity contribution in [3.8, 4) is 56.7 Å². The highest BCUT2D eigenvalue weighted by Crippen LogP contribution is 2.39. The molecule has 0 atom stereocenters. The minimum atomic E-state index is -0.364. The maximum atomic E-state index is 6.19. The molecular weight excluding hydrogens is 1020 g/mol. The molecule has 10 heteroatoms. The van der Waals surface area contributed by atoms with Crippen LogP contribution in [-0.4, -0.2) is 47.4 Å². The Labute approximate surface area is 490 Å². The zero-order valence-corrected chi connectivity index (χ0v) is 49.3. The number of aryl methyl sites for hydroxylation is 2. The number of benzene rings is 9. The van der Waals surface area contributed by atoms with Crippen LogP contribution in [0.4, 0.5) is 17.1 Å². The van der Waals surface area contributed by atoms with Gasteiger partial charge in [0.15, 0.2) is 0 Å². The summed E-state index contributed by atoms with van der Waals surface area (Å²) in [6.07, 6.45) is 4.95. The van der Waals surface area contributed by atoms with E-state index in [4.69, 9.17) is 29.2 Å². The molecule has 0 unspecified atom stereocenters. The first kappa shape index (κ1) is 57.0. The third-order valence-corrected chi connectivity index (χ3v) is 14.9. The first-order valence-corrected chi connectivity index (χ1v) is 28.9. The summed E-state index contributed by atoms with van der Waals surface area (Å²) in [5.41, 5.74) is 18.1. The molecule has 83 heavy (non-hydrogen) atoms. The molecule has 1 aliphatic heterocycles. The monoisotopic (exact) mass is 1090 g/mol. The highest BCUT2D eigenvalue weighted by Gasteiger charge is 2.51. The van der Waals surface area contributed by atoms with Crippen LogP contribution in [0.2, 0.25) is 0 Å². The van der Waals surface area contributed by atoms with E-state index in [1.54, 1.807) is 0 Å². The van der Waals surface area contributed by atoms with E-state index in [0.717, 1.165) is 101 Å². The normalized spacial score (nSPS) is 13.1. The third-order valence-electron chi connectivity index (χ3n) is 14.9. The molecule has 0 saturated carbocycles. The van der Waals surface area contributed by atoms with Gasteiger partial charge in [0.05, 0.1) is 57.1 Å². The molecule has 1 fully saturated rings. The Hall–Kier alpha value is -9.22. The zero-order valence-electron chi connectivity index (χ0n) is 49.3. The van der Waals surface area contributed by atoms with Crippen molar-refractivity contribution in [2.75, 3.05) is 4.90 Å². The van der Waals surface area contributed by atoms with Gasteiger partial charge in [0.25, 0.3) is 0 Å². The molecule has 9 aromatic carbocycles. The van der Waals surface area contributed by atoms with Gasteiger partial charge in [-0.25, -0.2) is 9.97 Å². The number of fused-ring (bicyclic) bond motifs is 2. The first-order chi connectivity index (χ1) is 40.4. The second kappa shape index (κ2) is 25.3. The Balaban J connectivity index is 0.000000188. The van der Waals surface area contributed by atoms with Crippen LogP contribution in [0.1, 0.15) is 72.9 Å². The Morgan fingerprint density at radius 3 is 1.12 bits per heavy atom. The van der Waals surface area contributed by atoms with Gasteiger partial charge < -0.3 is 14.2 Å². The Kier molecular flexibility index (Phi) is 17.4. The second-order valence-corrected chi connectivity index (χ2v) is 21.5. The van der Waals surface area contributed by atoms with Crippen LogP contribution >= 0.6 is 0 Å². The van der Waals surface area contributed by atoms with Crippen LogP contribution in [0.5, 0.6) is 0 Å². The number of hydrogen-bond donors (Lipinski definition) is 0. The van der Waals surface area contributed by atoms with Crippen molar-refractivity contribution in [3.63, 3.8) is 0 Å². The molecule has 0 spiro atoms. The van der Waals surface area contributed by atoms with Crippen molar-refractivity contribution >= 4 is 51.7 Å². The van der Waals surface area contributed by atoms with Gasteiger partial charge in [0.1, 0.15) is 11.6 Å². The van der Waals surface area contributed by atoms with Crippen molar-refractivity contribution in [2.45, 2.75) is 86.9 Å². The third kappa shape index (κ3) is 12.4. The largest absolute Gasteiger partial charge is 0.494 e. The summed E-state index contributed by atoms with van der Waals surface area (Å²) >= 11 is 0. The van der Waals surface area contributed by atoms with Crippen molar-refractivity contribution in [3.05, 3.63) is 254 Å². The van der Waals surface area contributed by atoms with Crippen molar-refractivity contribution in [1.29, 1.82) is 0 Å². The number of hydrogen-bond acceptors (Lipinski definition) is 7. The summed E-state index contributed by atoms with van der Waals surface area (Å²) < 4.78 is 16.8.